The Labute approximate surface area is 136 Å². The molecule has 0 unspecified atom stereocenters. The lowest BCUT2D eigenvalue weighted by Crippen LogP contribution is -2.19. The van der Waals surface area contributed by atoms with Crippen LogP contribution in [0.1, 0.15) is 6.92 Å². The van der Waals surface area contributed by atoms with Crippen molar-refractivity contribution in [3.05, 3.63) is 52.8 Å². The lowest BCUT2D eigenvalue weighted by molar-refractivity contribution is 0.340. The summed E-state index contributed by atoms with van der Waals surface area (Å²) >= 11 is 8.37. The molecule has 2 N–H and O–H groups in total. The second-order valence-corrected chi connectivity index (χ2v) is 5.48. The van der Waals surface area contributed by atoms with Gasteiger partial charge >= 0.3 is 0 Å². The van der Waals surface area contributed by atoms with Gasteiger partial charge in [0.15, 0.2) is 5.11 Å². The minimum atomic E-state index is -0.375. The van der Waals surface area contributed by atoms with Crippen LogP contribution in [0.2, 0.25) is 0 Å². The van der Waals surface area contributed by atoms with Gasteiger partial charge in [-0.2, -0.15) is 0 Å². The SMILES string of the molecule is CCOc1ccc(NC(=S)Nc2ccc(Br)cc2F)cc1. The number of thiocarbonyl (C=S) groups is 1. The van der Waals surface area contributed by atoms with E-state index in [4.69, 9.17) is 17.0 Å². The van der Waals surface area contributed by atoms with Crippen LogP contribution in [-0.4, -0.2) is 11.7 Å². The highest BCUT2D eigenvalue weighted by molar-refractivity contribution is 9.10. The van der Waals surface area contributed by atoms with Crippen molar-refractivity contribution in [3.8, 4) is 5.75 Å². The number of hydrogen-bond donors (Lipinski definition) is 2. The molecular formula is C15H14BrFN2OS. The highest BCUT2D eigenvalue weighted by Crippen LogP contribution is 2.20. The van der Waals surface area contributed by atoms with E-state index in [2.05, 4.69) is 26.6 Å². The van der Waals surface area contributed by atoms with Gasteiger partial charge in [-0.1, -0.05) is 15.9 Å². The third kappa shape index (κ3) is 4.68. The second kappa shape index (κ2) is 7.38. The third-order valence-corrected chi connectivity index (χ3v) is 3.30. The molecule has 0 spiro atoms. The number of rotatable bonds is 4. The van der Waals surface area contributed by atoms with Crippen molar-refractivity contribution < 1.29 is 9.13 Å². The van der Waals surface area contributed by atoms with Gasteiger partial charge in [0, 0.05) is 10.2 Å². The first-order valence-electron chi connectivity index (χ1n) is 6.34. The summed E-state index contributed by atoms with van der Waals surface area (Å²) in [7, 11) is 0. The lowest BCUT2D eigenvalue weighted by Gasteiger charge is -2.12. The molecule has 0 amide bonds. The molecule has 6 heteroatoms. The van der Waals surface area contributed by atoms with E-state index in [1.807, 2.05) is 31.2 Å². The van der Waals surface area contributed by atoms with Crippen molar-refractivity contribution >= 4 is 44.6 Å². The monoisotopic (exact) mass is 368 g/mol. The Morgan fingerprint density at radius 3 is 2.52 bits per heavy atom. The molecule has 2 aromatic carbocycles. The highest BCUT2D eigenvalue weighted by atomic mass is 79.9. The first kappa shape index (κ1) is 15.7. The van der Waals surface area contributed by atoms with E-state index >= 15 is 0 Å². The predicted octanol–water partition coefficient (Wildman–Crippen LogP) is 4.80. The van der Waals surface area contributed by atoms with Gasteiger partial charge in [0.05, 0.1) is 12.3 Å². The summed E-state index contributed by atoms with van der Waals surface area (Å²) in [6.07, 6.45) is 0. The number of hydrogen-bond acceptors (Lipinski definition) is 2. The van der Waals surface area contributed by atoms with Crippen LogP contribution in [-0.2, 0) is 0 Å². The van der Waals surface area contributed by atoms with Crippen LogP contribution < -0.4 is 15.4 Å². The first-order chi connectivity index (χ1) is 10.1. The van der Waals surface area contributed by atoms with E-state index in [1.54, 1.807) is 12.1 Å². The highest BCUT2D eigenvalue weighted by Gasteiger charge is 2.05. The maximum Gasteiger partial charge on any atom is 0.175 e. The van der Waals surface area contributed by atoms with Crippen molar-refractivity contribution in [1.29, 1.82) is 0 Å². The summed E-state index contributed by atoms with van der Waals surface area (Å²) in [5.74, 6) is 0.418. The molecule has 2 rings (SSSR count). The predicted molar refractivity (Wildman–Crippen MR) is 91.6 cm³/mol. The van der Waals surface area contributed by atoms with Crippen LogP contribution in [0, 0.1) is 5.82 Å². The molecule has 0 atom stereocenters. The molecule has 0 aliphatic rings. The number of halogens is 2. The van der Waals surface area contributed by atoms with Gasteiger partial charge in [-0.3, -0.25) is 0 Å². The van der Waals surface area contributed by atoms with Crippen LogP contribution in [0.15, 0.2) is 46.9 Å². The maximum absolute atomic E-state index is 13.7. The van der Waals surface area contributed by atoms with Crippen molar-refractivity contribution in [3.63, 3.8) is 0 Å². The molecule has 0 aromatic heterocycles. The Morgan fingerprint density at radius 2 is 1.90 bits per heavy atom. The average molecular weight is 369 g/mol. The van der Waals surface area contributed by atoms with Gasteiger partial charge in [-0.15, -0.1) is 0 Å². The molecule has 3 nitrogen and oxygen atoms in total. The standard InChI is InChI=1S/C15H14BrFN2OS/c1-2-20-12-6-4-11(5-7-12)18-15(21)19-14-8-3-10(16)9-13(14)17/h3-9H,2H2,1H3,(H2,18,19,21). The van der Waals surface area contributed by atoms with E-state index in [-0.39, 0.29) is 5.82 Å². The van der Waals surface area contributed by atoms with Crippen molar-refractivity contribution in [2.24, 2.45) is 0 Å². The molecule has 0 radical (unpaired) electrons. The van der Waals surface area contributed by atoms with E-state index in [1.165, 1.54) is 6.07 Å². The van der Waals surface area contributed by atoms with E-state index in [0.717, 1.165) is 11.4 Å². The van der Waals surface area contributed by atoms with Gasteiger partial charge < -0.3 is 15.4 Å². The molecule has 0 saturated carbocycles. The topological polar surface area (TPSA) is 33.3 Å². The minimum Gasteiger partial charge on any atom is -0.494 e. The van der Waals surface area contributed by atoms with Crippen LogP contribution in [0.3, 0.4) is 0 Å². The van der Waals surface area contributed by atoms with Crippen LogP contribution in [0.25, 0.3) is 0 Å². The molecule has 0 heterocycles. The zero-order valence-corrected chi connectivity index (χ0v) is 13.7. The summed E-state index contributed by atoms with van der Waals surface area (Å²) in [5, 5.41) is 6.13. The number of nitrogens with one attached hydrogen (secondary N) is 2. The van der Waals surface area contributed by atoms with Gasteiger partial charge in [-0.25, -0.2) is 4.39 Å². The van der Waals surface area contributed by atoms with Crippen molar-refractivity contribution in [2.75, 3.05) is 17.2 Å². The van der Waals surface area contributed by atoms with Crippen molar-refractivity contribution in [2.45, 2.75) is 6.92 Å². The minimum absolute atomic E-state index is 0.320. The molecular weight excluding hydrogens is 355 g/mol. The quantitative estimate of drug-likeness (QED) is 0.759. The fourth-order valence-corrected chi connectivity index (χ4v) is 2.24. The first-order valence-corrected chi connectivity index (χ1v) is 7.54. The van der Waals surface area contributed by atoms with Crippen LogP contribution in [0.4, 0.5) is 15.8 Å². The fraction of sp³-hybridized carbons (Fsp3) is 0.133. The molecule has 2 aromatic rings. The zero-order valence-electron chi connectivity index (χ0n) is 11.3. The summed E-state index contributed by atoms with van der Waals surface area (Å²) < 4.78 is 19.7. The average Bonchev–Trinajstić information content (AvgIpc) is 2.44. The smallest absolute Gasteiger partial charge is 0.175 e. The molecule has 110 valence electrons. The van der Waals surface area contributed by atoms with Crippen molar-refractivity contribution in [1.82, 2.24) is 0 Å². The van der Waals surface area contributed by atoms with Gasteiger partial charge in [0.1, 0.15) is 11.6 Å². The van der Waals surface area contributed by atoms with E-state index in [9.17, 15) is 4.39 Å². The van der Waals surface area contributed by atoms with Crippen LogP contribution >= 0.6 is 28.1 Å². The fourth-order valence-electron chi connectivity index (χ4n) is 1.68. The third-order valence-electron chi connectivity index (χ3n) is 2.60. The van der Waals surface area contributed by atoms with E-state index in [0.29, 0.717) is 21.9 Å². The largest absolute Gasteiger partial charge is 0.494 e. The Bertz CT molecular complexity index is 634. The Balaban J connectivity index is 1.98. The Morgan fingerprint density at radius 1 is 1.19 bits per heavy atom. The summed E-state index contributed by atoms with van der Waals surface area (Å²) in [5.41, 5.74) is 1.12. The molecule has 0 fully saturated rings. The van der Waals surface area contributed by atoms with Crippen LogP contribution in [0.5, 0.6) is 5.75 Å². The number of ether oxygens (including phenoxy) is 1. The van der Waals surface area contributed by atoms with Gasteiger partial charge in [0.25, 0.3) is 0 Å². The summed E-state index contributed by atoms with van der Waals surface area (Å²) in [6, 6.07) is 12.1. The zero-order chi connectivity index (χ0) is 15.2. The Hall–Kier alpha value is -1.66. The molecule has 0 saturated heterocycles. The normalized spacial score (nSPS) is 10.0. The molecule has 0 bridgehead atoms. The number of anilines is 2. The summed E-state index contributed by atoms with van der Waals surface area (Å²) in [6.45, 7) is 2.55. The molecule has 21 heavy (non-hydrogen) atoms. The molecule has 0 aliphatic heterocycles. The molecule has 0 aliphatic carbocycles. The van der Waals surface area contributed by atoms with Gasteiger partial charge in [-0.05, 0) is 61.6 Å². The van der Waals surface area contributed by atoms with E-state index < -0.39 is 0 Å². The second-order valence-electron chi connectivity index (χ2n) is 4.16. The number of benzene rings is 2. The summed E-state index contributed by atoms with van der Waals surface area (Å²) in [4.78, 5) is 0. The van der Waals surface area contributed by atoms with Gasteiger partial charge in [0.2, 0.25) is 0 Å². The maximum atomic E-state index is 13.7. The lowest BCUT2D eigenvalue weighted by atomic mass is 10.3. The Kier molecular flexibility index (Phi) is 5.52.